The lowest BCUT2D eigenvalue weighted by molar-refractivity contribution is 0.154. The number of hydrogen-bond acceptors (Lipinski definition) is 0. The molecule has 0 saturated heterocycles. The van der Waals surface area contributed by atoms with Crippen LogP contribution in [0.15, 0.2) is 0 Å². The van der Waals surface area contributed by atoms with Gasteiger partial charge in [-0.1, -0.05) is 59.3 Å². The molecule has 0 nitrogen and oxygen atoms in total. The molecule has 0 aromatic rings. The molecule has 0 N–H and O–H groups in total. The minimum atomic E-state index is -1.02. The van der Waals surface area contributed by atoms with E-state index in [9.17, 15) is 0 Å². The molecule has 3 rings (SSSR count). The van der Waals surface area contributed by atoms with Crippen molar-refractivity contribution in [2.75, 3.05) is 0 Å². The third kappa shape index (κ3) is 3.79. The van der Waals surface area contributed by atoms with Gasteiger partial charge in [-0.25, -0.2) is 0 Å². The third-order valence-corrected chi connectivity index (χ3v) is 4.32. The summed E-state index contributed by atoms with van der Waals surface area (Å²) in [6.07, 6.45) is 9.46. The van der Waals surface area contributed by atoms with Crippen LogP contribution in [0.25, 0.3) is 0 Å². The fraction of sp³-hybridized carbons (Fsp3) is 1.00. The van der Waals surface area contributed by atoms with Gasteiger partial charge in [0.2, 0.25) is 0 Å². The van der Waals surface area contributed by atoms with E-state index in [0.717, 1.165) is 24.7 Å². The van der Waals surface area contributed by atoms with Crippen molar-refractivity contribution >= 4 is 0 Å². The third-order valence-electron chi connectivity index (χ3n) is 4.32. The first kappa shape index (κ1) is 9.97. The fourth-order valence-electron chi connectivity index (χ4n) is 3.78. The molecule has 3 saturated carbocycles. The maximum atomic E-state index is 8.59. The zero-order chi connectivity index (χ0) is 13.4. The molecule has 0 unspecified atom stereocenters. The minimum Gasteiger partial charge on any atom is -0.0602 e. The van der Waals surface area contributed by atoms with E-state index < -0.39 is 6.37 Å². The average Bonchev–Trinajstić information content (AvgIpc) is 2.11. The molecule has 0 spiro atoms. The molecular formula is C16H30. The van der Waals surface area contributed by atoms with Gasteiger partial charge < -0.3 is 0 Å². The topological polar surface area (TPSA) is 0 Å². The first-order chi connectivity index (χ1) is 8.30. The molecule has 3 aliphatic rings. The van der Waals surface area contributed by atoms with Gasteiger partial charge in [0.15, 0.2) is 0 Å². The maximum absolute atomic E-state index is 8.59. The summed E-state index contributed by atoms with van der Waals surface area (Å²) in [6.45, 7) is 6.21. The van der Waals surface area contributed by atoms with Gasteiger partial charge in [0, 0.05) is 2.74 Å². The second-order valence-electron chi connectivity index (χ2n) is 7.16. The second kappa shape index (κ2) is 5.10. The Morgan fingerprint density at radius 2 is 1.38 bits per heavy atom. The van der Waals surface area contributed by atoms with Crippen LogP contribution < -0.4 is 0 Å². The van der Waals surface area contributed by atoms with E-state index in [2.05, 4.69) is 20.8 Å². The molecule has 0 aliphatic heterocycles. The molecule has 0 heterocycles. The van der Waals surface area contributed by atoms with Gasteiger partial charge >= 0.3 is 0 Å². The molecule has 16 heavy (non-hydrogen) atoms. The highest BCUT2D eigenvalue weighted by atomic mass is 14.3. The maximum Gasteiger partial charge on any atom is 0.0275 e. The second-order valence-corrected chi connectivity index (χ2v) is 7.16. The van der Waals surface area contributed by atoms with Crippen molar-refractivity contribution in [3.05, 3.63) is 0 Å². The van der Waals surface area contributed by atoms with E-state index in [1.807, 2.05) is 0 Å². The molecule has 0 aromatic heterocycles. The van der Waals surface area contributed by atoms with Gasteiger partial charge in [-0.15, -0.1) is 0 Å². The number of fused-ring (bicyclic) bond motifs is 6. The zero-order valence-corrected chi connectivity index (χ0v) is 11.4. The van der Waals surface area contributed by atoms with Gasteiger partial charge in [-0.05, 0) is 42.4 Å². The van der Waals surface area contributed by atoms with Crippen LogP contribution in [-0.4, -0.2) is 0 Å². The van der Waals surface area contributed by atoms with Crippen LogP contribution in [0.3, 0.4) is 0 Å². The number of rotatable bonds is 1. The van der Waals surface area contributed by atoms with E-state index in [1.54, 1.807) is 0 Å². The summed E-state index contributed by atoms with van der Waals surface area (Å²) in [4.78, 5) is 0. The van der Waals surface area contributed by atoms with Crippen LogP contribution in [0.4, 0.5) is 0 Å². The van der Waals surface area contributed by atoms with Crippen LogP contribution in [0, 0.1) is 23.2 Å². The highest BCUT2D eigenvalue weighted by Gasteiger charge is 2.29. The Bertz CT molecular complexity index is 253. The summed E-state index contributed by atoms with van der Waals surface area (Å²) in [5.41, 5.74) is -0.231. The van der Waals surface area contributed by atoms with Gasteiger partial charge in [0.05, 0.1) is 0 Å². The molecule has 3 fully saturated rings. The van der Waals surface area contributed by atoms with Gasteiger partial charge in [-0.3, -0.25) is 0 Å². The molecule has 0 heteroatoms. The normalized spacial score (nSPS) is 39.3. The monoisotopic (exact) mass is 224 g/mol. The quantitative estimate of drug-likeness (QED) is 0.558. The lowest BCUT2D eigenvalue weighted by Crippen LogP contribution is -2.24. The van der Waals surface area contributed by atoms with Crippen LogP contribution in [0.1, 0.15) is 81.3 Å². The Hall–Kier alpha value is 0. The van der Waals surface area contributed by atoms with Crippen LogP contribution in [0.2, 0.25) is 0 Å². The van der Waals surface area contributed by atoms with E-state index >= 15 is 0 Å². The van der Waals surface area contributed by atoms with E-state index in [-0.39, 0.29) is 11.3 Å². The van der Waals surface area contributed by atoms with Crippen molar-refractivity contribution in [3.8, 4) is 0 Å². The fourth-order valence-corrected chi connectivity index (χ4v) is 3.78. The molecular weight excluding hydrogens is 192 g/mol. The van der Waals surface area contributed by atoms with Crippen molar-refractivity contribution in [1.29, 1.82) is 0 Å². The first-order valence-electron chi connectivity index (χ1n) is 8.30. The summed E-state index contributed by atoms with van der Waals surface area (Å²) in [5.74, 6) is 1.88. The van der Waals surface area contributed by atoms with Crippen LogP contribution >= 0.6 is 0 Å². The van der Waals surface area contributed by atoms with Gasteiger partial charge in [0.1, 0.15) is 0 Å². The molecule has 0 amide bonds. The van der Waals surface area contributed by atoms with Crippen molar-refractivity contribution in [3.63, 3.8) is 0 Å². The van der Waals surface area contributed by atoms with Crippen molar-refractivity contribution in [2.45, 2.75) is 78.5 Å². The summed E-state index contributed by atoms with van der Waals surface area (Å²) >= 11 is 0. The van der Waals surface area contributed by atoms with E-state index in [0.29, 0.717) is 0 Å². The largest absolute Gasteiger partial charge is 0.0602 e. The summed E-state index contributed by atoms with van der Waals surface area (Å²) in [6, 6.07) is 0. The van der Waals surface area contributed by atoms with Crippen molar-refractivity contribution in [2.24, 2.45) is 23.2 Å². The SMILES string of the molecule is [2H]C([2H])(C1CC2CCCC(CCC2)C1)C(C)(C)C. The summed E-state index contributed by atoms with van der Waals surface area (Å²) in [5, 5.41) is 0. The Morgan fingerprint density at radius 1 is 0.938 bits per heavy atom. The zero-order valence-electron chi connectivity index (χ0n) is 13.4. The standard InChI is InChI=1S/C16H30/c1-16(2,3)12-15-10-13-6-4-7-14(11-15)9-5-8-13/h13-15H,4-12H2,1-3H3/i12D2. The first-order valence-corrected chi connectivity index (χ1v) is 7.30. The van der Waals surface area contributed by atoms with Crippen LogP contribution in [-0.2, 0) is 0 Å². The Labute approximate surface area is 105 Å². The number of hydrogen-bond donors (Lipinski definition) is 0. The van der Waals surface area contributed by atoms with Gasteiger partial charge in [-0.2, -0.15) is 0 Å². The van der Waals surface area contributed by atoms with Crippen molar-refractivity contribution in [1.82, 2.24) is 0 Å². The Balaban J connectivity index is 2.17. The smallest absolute Gasteiger partial charge is 0.0275 e. The lowest BCUT2D eigenvalue weighted by atomic mass is 9.69. The summed E-state index contributed by atoms with van der Waals surface area (Å²) < 4.78 is 17.2. The molecule has 0 radical (unpaired) electrons. The van der Waals surface area contributed by atoms with Gasteiger partial charge in [0.25, 0.3) is 0 Å². The minimum absolute atomic E-state index is 0.231. The van der Waals surface area contributed by atoms with E-state index in [4.69, 9.17) is 2.74 Å². The predicted molar refractivity (Wildman–Crippen MR) is 71.5 cm³/mol. The van der Waals surface area contributed by atoms with E-state index in [1.165, 1.54) is 38.5 Å². The Kier molecular flexibility index (Phi) is 3.18. The Morgan fingerprint density at radius 3 is 1.75 bits per heavy atom. The average molecular weight is 224 g/mol. The van der Waals surface area contributed by atoms with Crippen molar-refractivity contribution < 1.29 is 2.74 Å². The predicted octanol–water partition coefficient (Wildman–Crippen LogP) is 5.42. The molecule has 3 aliphatic carbocycles. The highest BCUT2D eigenvalue weighted by Crippen LogP contribution is 2.42. The molecule has 0 atom stereocenters. The highest BCUT2D eigenvalue weighted by molar-refractivity contribution is 4.81. The summed E-state index contributed by atoms with van der Waals surface area (Å²) in [7, 11) is 0. The molecule has 0 aromatic carbocycles. The lowest BCUT2D eigenvalue weighted by Gasteiger charge is -2.36. The molecule has 94 valence electrons. The molecule has 2 bridgehead atoms. The van der Waals surface area contributed by atoms with Crippen LogP contribution in [0.5, 0.6) is 0 Å².